The van der Waals surface area contributed by atoms with Gasteiger partial charge in [-0.05, 0) is 12.1 Å². The van der Waals surface area contributed by atoms with Crippen molar-refractivity contribution in [1.82, 2.24) is 15.1 Å². The number of aliphatic hydroxyl groups is 1. The largest absolute Gasteiger partial charge is 0.434 e. The molecule has 1 amide bonds. The van der Waals surface area contributed by atoms with Crippen LogP contribution >= 0.6 is 0 Å². The molecular formula is C13H12F3N3O2. The van der Waals surface area contributed by atoms with Crippen molar-refractivity contribution < 1.29 is 23.1 Å². The molecule has 2 aromatic rings. The predicted molar refractivity (Wildman–Crippen MR) is 68.0 cm³/mol. The average molecular weight is 299 g/mol. The van der Waals surface area contributed by atoms with Crippen LogP contribution in [0.1, 0.15) is 16.1 Å². The summed E-state index contributed by atoms with van der Waals surface area (Å²) < 4.78 is 40.3. The van der Waals surface area contributed by atoms with Gasteiger partial charge in [0.15, 0.2) is 5.69 Å². The molecular weight excluding hydrogens is 287 g/mol. The van der Waals surface area contributed by atoms with Crippen molar-refractivity contribution in [3.8, 4) is 5.69 Å². The van der Waals surface area contributed by atoms with Crippen molar-refractivity contribution in [2.45, 2.75) is 6.18 Å². The van der Waals surface area contributed by atoms with Crippen LogP contribution in [0.15, 0.2) is 36.5 Å². The molecule has 1 aromatic carbocycles. The molecule has 0 aliphatic rings. The SMILES string of the molecule is O=C(NCCO)c1cnn(-c2ccccc2)c1C(F)(F)F. The standard InChI is InChI=1S/C13H12F3N3O2/c14-13(15,16)11-10(12(21)17-6-7-20)8-18-19(11)9-4-2-1-3-5-9/h1-5,8,20H,6-7H2,(H,17,21). The van der Waals surface area contributed by atoms with Crippen LogP contribution in [0, 0.1) is 0 Å². The van der Waals surface area contributed by atoms with Gasteiger partial charge in [-0.3, -0.25) is 4.79 Å². The van der Waals surface area contributed by atoms with Crippen molar-refractivity contribution in [2.24, 2.45) is 0 Å². The Morgan fingerprint density at radius 3 is 2.52 bits per heavy atom. The minimum atomic E-state index is -4.74. The zero-order valence-corrected chi connectivity index (χ0v) is 10.8. The fourth-order valence-electron chi connectivity index (χ4n) is 1.82. The van der Waals surface area contributed by atoms with Crippen LogP contribution in [0.3, 0.4) is 0 Å². The van der Waals surface area contributed by atoms with Gasteiger partial charge in [0.1, 0.15) is 0 Å². The Balaban J connectivity index is 2.49. The number of hydrogen-bond donors (Lipinski definition) is 2. The number of para-hydroxylation sites is 1. The van der Waals surface area contributed by atoms with E-state index in [0.29, 0.717) is 4.68 Å². The topological polar surface area (TPSA) is 67.2 Å². The summed E-state index contributed by atoms with van der Waals surface area (Å²) >= 11 is 0. The van der Waals surface area contributed by atoms with Gasteiger partial charge in [-0.1, -0.05) is 18.2 Å². The van der Waals surface area contributed by atoms with Crippen molar-refractivity contribution >= 4 is 5.91 Å². The maximum absolute atomic E-state index is 13.2. The average Bonchev–Trinajstić information content (AvgIpc) is 2.90. The Bertz CT molecular complexity index is 623. The van der Waals surface area contributed by atoms with Gasteiger partial charge < -0.3 is 10.4 Å². The predicted octanol–water partition coefficient (Wildman–Crippen LogP) is 1.61. The van der Waals surface area contributed by atoms with Crippen molar-refractivity contribution in [2.75, 3.05) is 13.2 Å². The molecule has 0 saturated heterocycles. The Kier molecular flexibility index (Phi) is 4.27. The minimum Gasteiger partial charge on any atom is -0.395 e. The lowest BCUT2D eigenvalue weighted by atomic mass is 10.2. The van der Waals surface area contributed by atoms with E-state index >= 15 is 0 Å². The smallest absolute Gasteiger partial charge is 0.395 e. The Morgan fingerprint density at radius 2 is 1.95 bits per heavy atom. The summed E-state index contributed by atoms with van der Waals surface area (Å²) in [6.07, 6.45) is -3.87. The number of alkyl halides is 3. The quantitative estimate of drug-likeness (QED) is 0.901. The van der Waals surface area contributed by atoms with Gasteiger partial charge in [0.25, 0.3) is 5.91 Å². The lowest BCUT2D eigenvalue weighted by Gasteiger charge is -2.12. The minimum absolute atomic E-state index is 0.132. The zero-order chi connectivity index (χ0) is 15.5. The van der Waals surface area contributed by atoms with E-state index in [1.54, 1.807) is 18.2 Å². The van der Waals surface area contributed by atoms with Gasteiger partial charge in [0.2, 0.25) is 0 Å². The van der Waals surface area contributed by atoms with Crippen molar-refractivity contribution in [3.05, 3.63) is 47.8 Å². The van der Waals surface area contributed by atoms with Gasteiger partial charge >= 0.3 is 6.18 Å². The molecule has 0 spiro atoms. The molecule has 0 aliphatic carbocycles. The summed E-state index contributed by atoms with van der Waals surface area (Å²) in [7, 11) is 0. The van der Waals surface area contributed by atoms with Crippen LogP contribution in [-0.2, 0) is 6.18 Å². The molecule has 8 heteroatoms. The highest BCUT2D eigenvalue weighted by Gasteiger charge is 2.40. The third kappa shape index (κ3) is 3.22. The number of halogens is 3. The van der Waals surface area contributed by atoms with E-state index in [1.165, 1.54) is 12.1 Å². The first-order valence-corrected chi connectivity index (χ1v) is 6.05. The molecule has 112 valence electrons. The third-order valence-corrected chi connectivity index (χ3v) is 2.68. The summed E-state index contributed by atoms with van der Waals surface area (Å²) in [6.45, 7) is -0.493. The van der Waals surface area contributed by atoms with Gasteiger partial charge in [0.05, 0.1) is 24.1 Å². The van der Waals surface area contributed by atoms with Crippen LogP contribution in [0.5, 0.6) is 0 Å². The molecule has 5 nitrogen and oxygen atoms in total. The van der Waals surface area contributed by atoms with Gasteiger partial charge in [0, 0.05) is 6.54 Å². The normalized spacial score (nSPS) is 11.4. The molecule has 0 bridgehead atoms. The fraction of sp³-hybridized carbons (Fsp3) is 0.231. The number of amides is 1. The summed E-state index contributed by atoms with van der Waals surface area (Å²) in [4.78, 5) is 11.7. The van der Waals surface area contributed by atoms with E-state index in [2.05, 4.69) is 10.4 Å². The second kappa shape index (κ2) is 5.96. The van der Waals surface area contributed by atoms with Crippen LogP contribution < -0.4 is 5.32 Å². The fourth-order valence-corrected chi connectivity index (χ4v) is 1.82. The Hall–Kier alpha value is -2.35. The first-order valence-electron chi connectivity index (χ1n) is 6.05. The number of nitrogens with one attached hydrogen (secondary N) is 1. The summed E-state index contributed by atoms with van der Waals surface area (Å²) in [5.74, 6) is -0.932. The maximum atomic E-state index is 13.2. The van der Waals surface area contributed by atoms with Gasteiger partial charge in [-0.2, -0.15) is 18.3 Å². The number of hydrogen-bond acceptors (Lipinski definition) is 3. The second-order valence-electron chi connectivity index (χ2n) is 4.13. The highest BCUT2D eigenvalue weighted by atomic mass is 19.4. The summed E-state index contributed by atoms with van der Waals surface area (Å²) in [5, 5.41) is 14.5. The molecule has 0 aliphatic heterocycles. The van der Waals surface area contributed by atoms with Crippen LogP contribution in [-0.4, -0.2) is 33.9 Å². The van der Waals surface area contributed by atoms with Crippen LogP contribution in [0.25, 0.3) is 5.69 Å². The van der Waals surface area contributed by atoms with Crippen LogP contribution in [0.4, 0.5) is 13.2 Å². The van der Waals surface area contributed by atoms with E-state index in [0.717, 1.165) is 6.20 Å². The van der Waals surface area contributed by atoms with E-state index < -0.39 is 23.3 Å². The van der Waals surface area contributed by atoms with E-state index in [9.17, 15) is 18.0 Å². The molecule has 0 saturated carbocycles. The van der Waals surface area contributed by atoms with Crippen molar-refractivity contribution in [1.29, 1.82) is 0 Å². The summed E-state index contributed by atoms with van der Waals surface area (Å²) in [5.41, 5.74) is -1.53. The first kappa shape index (κ1) is 15.0. The number of carbonyl (C=O) groups is 1. The van der Waals surface area contributed by atoms with Crippen LogP contribution in [0.2, 0.25) is 0 Å². The highest BCUT2D eigenvalue weighted by molar-refractivity contribution is 5.95. The molecule has 2 N–H and O–H groups in total. The van der Waals surface area contributed by atoms with Gasteiger partial charge in [-0.25, -0.2) is 4.68 Å². The monoisotopic (exact) mass is 299 g/mol. The number of aromatic nitrogens is 2. The third-order valence-electron chi connectivity index (χ3n) is 2.68. The van der Waals surface area contributed by atoms with Gasteiger partial charge in [-0.15, -0.1) is 0 Å². The summed E-state index contributed by atoms with van der Waals surface area (Å²) in [6, 6.07) is 7.72. The number of rotatable bonds is 4. The Labute approximate surface area is 118 Å². The number of aliphatic hydroxyl groups excluding tert-OH is 1. The number of carbonyl (C=O) groups excluding carboxylic acids is 1. The number of benzene rings is 1. The lowest BCUT2D eigenvalue weighted by molar-refractivity contribution is -0.143. The van der Waals surface area contributed by atoms with E-state index in [1.807, 2.05) is 0 Å². The second-order valence-corrected chi connectivity index (χ2v) is 4.13. The molecule has 1 heterocycles. The van der Waals surface area contributed by atoms with E-state index in [4.69, 9.17) is 5.11 Å². The maximum Gasteiger partial charge on any atom is 0.434 e. The number of nitrogens with zero attached hydrogens (tertiary/aromatic N) is 2. The molecule has 21 heavy (non-hydrogen) atoms. The molecule has 2 rings (SSSR count). The lowest BCUT2D eigenvalue weighted by Crippen LogP contribution is -2.28. The zero-order valence-electron chi connectivity index (χ0n) is 10.8. The Morgan fingerprint density at radius 1 is 1.29 bits per heavy atom. The van der Waals surface area contributed by atoms with Crippen molar-refractivity contribution in [3.63, 3.8) is 0 Å². The molecule has 0 atom stereocenters. The highest BCUT2D eigenvalue weighted by Crippen LogP contribution is 2.33. The molecule has 0 unspecified atom stereocenters. The molecule has 0 radical (unpaired) electrons. The van der Waals surface area contributed by atoms with E-state index in [-0.39, 0.29) is 18.8 Å². The first-order chi connectivity index (χ1) is 9.95. The molecule has 1 aromatic heterocycles. The molecule has 0 fully saturated rings.